The Morgan fingerprint density at radius 1 is 0.588 bits per heavy atom. The van der Waals surface area contributed by atoms with Gasteiger partial charge in [0, 0.05) is 16.7 Å². The fourth-order valence-electron chi connectivity index (χ4n) is 8.26. The van der Waals surface area contributed by atoms with Crippen LogP contribution in [0.2, 0.25) is 0 Å². The van der Waals surface area contributed by atoms with Crippen LogP contribution >= 0.6 is 0 Å². The zero-order valence-corrected chi connectivity index (χ0v) is 33.2. The monoisotopic (exact) mass is 952 g/mol. The van der Waals surface area contributed by atoms with E-state index in [-0.39, 0.29) is 6.08 Å². The van der Waals surface area contributed by atoms with Gasteiger partial charge in [-0.1, -0.05) is 0 Å². The van der Waals surface area contributed by atoms with Crippen LogP contribution in [0.5, 0.6) is 69.0 Å². The molecule has 14 N–H and O–H groups in total. The molecule has 4 aromatic rings. The molecule has 4 heterocycles. The molecule has 0 spiro atoms. The first-order valence-corrected chi connectivity index (χ1v) is 19.1. The number of aromatic hydroxyl groups is 11. The van der Waals surface area contributed by atoms with Crippen LogP contribution in [-0.2, 0) is 38.0 Å². The number of rotatable bonds is 2. The molecule has 0 aromatic heterocycles. The van der Waals surface area contributed by atoms with Gasteiger partial charge in [-0.15, -0.1) is 0 Å². The molecule has 0 unspecified atom stereocenters. The van der Waals surface area contributed by atoms with Crippen molar-refractivity contribution >= 4 is 35.6 Å². The first kappa shape index (κ1) is 44.3. The number of benzene rings is 4. The summed E-state index contributed by atoms with van der Waals surface area (Å²) in [4.78, 5) is 84.4. The van der Waals surface area contributed by atoms with E-state index < -0.39 is 204 Å². The summed E-state index contributed by atoms with van der Waals surface area (Å²) in [7, 11) is 0. The molecule has 1 aliphatic carbocycles. The molecule has 68 heavy (non-hydrogen) atoms. The third kappa shape index (κ3) is 6.21. The Bertz CT molecular complexity index is 3020. The Kier molecular flexibility index (Phi) is 9.64. The highest BCUT2D eigenvalue weighted by Crippen LogP contribution is 2.60. The number of cyclic esters (lactones) is 1. The molecule has 27 heteroatoms. The maximum Gasteiger partial charge on any atom is 0.339 e. The zero-order chi connectivity index (χ0) is 49.4. The molecular formula is C41H28O27. The van der Waals surface area contributed by atoms with Gasteiger partial charge in [-0.25, -0.2) is 24.0 Å². The number of phenolic OH excluding ortho intramolecular Hbond substituents is 11. The van der Waals surface area contributed by atoms with Crippen LogP contribution in [-0.4, -0.2) is 156 Å². The number of aliphatic hydroxyl groups is 3. The number of ether oxygens (including phenoxy) is 7. The molecule has 0 saturated carbocycles. The van der Waals surface area contributed by atoms with Crippen LogP contribution in [0.3, 0.4) is 0 Å². The van der Waals surface area contributed by atoms with E-state index in [0.29, 0.717) is 30.3 Å². The van der Waals surface area contributed by atoms with E-state index in [1.54, 1.807) is 0 Å². The van der Waals surface area contributed by atoms with Crippen LogP contribution in [0.4, 0.5) is 0 Å². The molecule has 4 aromatic carbocycles. The zero-order valence-electron chi connectivity index (χ0n) is 33.2. The molecule has 9 rings (SSSR count). The van der Waals surface area contributed by atoms with Crippen molar-refractivity contribution in [2.75, 3.05) is 6.61 Å². The minimum Gasteiger partial charge on any atom is -0.504 e. The summed E-state index contributed by atoms with van der Waals surface area (Å²) >= 11 is 0. The van der Waals surface area contributed by atoms with Gasteiger partial charge >= 0.3 is 29.8 Å². The number of hydrogen-bond acceptors (Lipinski definition) is 27. The normalized spacial score (nSPS) is 25.7. The molecule has 2 bridgehead atoms. The van der Waals surface area contributed by atoms with E-state index >= 15 is 0 Å². The Hall–Kier alpha value is -8.92. The van der Waals surface area contributed by atoms with E-state index in [1.165, 1.54) is 0 Å². The van der Waals surface area contributed by atoms with Crippen molar-refractivity contribution < 1.29 is 133 Å². The number of hydrogen-bond donors (Lipinski definition) is 14. The van der Waals surface area contributed by atoms with E-state index in [1.807, 2.05) is 0 Å². The van der Waals surface area contributed by atoms with Gasteiger partial charge in [0.05, 0.1) is 33.7 Å². The second kappa shape index (κ2) is 14.8. The number of esters is 5. The van der Waals surface area contributed by atoms with Crippen LogP contribution in [0.15, 0.2) is 42.0 Å². The van der Waals surface area contributed by atoms with Crippen LogP contribution in [0.1, 0.15) is 52.9 Å². The van der Waals surface area contributed by atoms with E-state index in [9.17, 15) is 100 Å². The van der Waals surface area contributed by atoms with Crippen LogP contribution < -0.4 is 4.74 Å². The predicted octanol–water partition coefficient (Wildman–Crippen LogP) is -1.10. The summed E-state index contributed by atoms with van der Waals surface area (Å²) in [6, 6.07) is 2.39. The number of ketones is 1. The maximum absolute atomic E-state index is 14.6. The van der Waals surface area contributed by atoms with Gasteiger partial charge in [0.15, 0.2) is 64.0 Å². The third-order valence-corrected chi connectivity index (χ3v) is 11.5. The Morgan fingerprint density at radius 3 is 1.71 bits per heavy atom. The van der Waals surface area contributed by atoms with Crippen molar-refractivity contribution in [3.05, 3.63) is 69.8 Å². The van der Waals surface area contributed by atoms with Gasteiger partial charge in [-0.05, 0) is 36.4 Å². The average Bonchev–Trinajstić information content (AvgIpc) is 3.60. The topological polar surface area (TPSA) is 450 Å². The number of fused-ring (bicyclic) bond motifs is 7. The highest BCUT2D eigenvalue weighted by Gasteiger charge is 2.70. The van der Waals surface area contributed by atoms with Gasteiger partial charge in [0.2, 0.25) is 35.4 Å². The lowest BCUT2D eigenvalue weighted by atomic mass is 9.74. The minimum atomic E-state index is -4.00. The summed E-state index contributed by atoms with van der Waals surface area (Å²) in [6.45, 7) is -1.26. The van der Waals surface area contributed by atoms with Crippen LogP contribution in [0.25, 0.3) is 11.1 Å². The minimum absolute atomic E-state index is 0.208. The number of carbonyl (C=O) groups excluding carboxylic acids is 6. The fraction of sp³-hybridized carbons (Fsp3) is 0.220. The van der Waals surface area contributed by atoms with Gasteiger partial charge in [-0.2, -0.15) is 0 Å². The molecular weight excluding hydrogens is 924 g/mol. The largest absolute Gasteiger partial charge is 0.504 e. The van der Waals surface area contributed by atoms with Gasteiger partial charge in [-0.3, -0.25) is 4.79 Å². The Labute approximate surface area is 373 Å². The quantitative estimate of drug-likeness (QED) is 0.0491. The van der Waals surface area contributed by atoms with Crippen molar-refractivity contribution in [2.45, 2.75) is 48.2 Å². The van der Waals surface area contributed by atoms with Crippen molar-refractivity contribution in [1.29, 1.82) is 0 Å². The fourth-order valence-corrected chi connectivity index (χ4v) is 8.26. The standard InChI is InChI=1S/C41H28O27/c42-13-1-8(2-14(43)24(13)48)34(54)66-33-32-30-18(7-62-35(55)9-3-15(44)25(49)28(52)20(9)21-10(36(56)64-30)4-16(45)26(50)29(21)53)63-39(33)67-38(58)12-6-19(47)40(59,60)41(61)23(12)22-11(37(57)65-32)5-17(46)27(51)31(22)68-41/h1-6,18,23,30,32-33,39,42-46,48-53,59-61H,7H2/t18-,23-,30-,32+,33-,39+,41+/m1/s1. The average molecular weight is 953 g/mol. The van der Waals surface area contributed by atoms with Gasteiger partial charge < -0.3 is 105 Å². The summed E-state index contributed by atoms with van der Waals surface area (Å²) in [5.74, 6) is -36.0. The van der Waals surface area contributed by atoms with E-state index in [4.69, 9.17) is 33.2 Å². The Morgan fingerprint density at radius 2 is 1.10 bits per heavy atom. The second-order valence-electron chi connectivity index (χ2n) is 15.5. The van der Waals surface area contributed by atoms with E-state index in [0.717, 1.165) is 0 Å². The number of carbonyl (C=O) groups is 6. The van der Waals surface area contributed by atoms with Crippen molar-refractivity contribution in [3.8, 4) is 80.1 Å². The molecule has 4 aliphatic heterocycles. The Balaban J connectivity index is 1.27. The first-order chi connectivity index (χ1) is 31.9. The molecule has 0 radical (unpaired) electrons. The summed E-state index contributed by atoms with van der Waals surface area (Å²) in [5, 5.41) is 149. The lowest BCUT2D eigenvalue weighted by molar-refractivity contribution is -0.323. The summed E-state index contributed by atoms with van der Waals surface area (Å²) < 4.78 is 39.0. The van der Waals surface area contributed by atoms with E-state index in [2.05, 4.69) is 0 Å². The lowest BCUT2D eigenvalue weighted by Gasteiger charge is -2.44. The van der Waals surface area contributed by atoms with Crippen molar-refractivity contribution in [1.82, 2.24) is 0 Å². The molecule has 0 amide bonds. The molecule has 1 fully saturated rings. The highest BCUT2D eigenvalue weighted by molar-refractivity contribution is 6.09. The lowest BCUT2D eigenvalue weighted by Crippen LogP contribution is -2.66. The SMILES string of the molecule is O=C1O[C@@H]2O[C@@H]3COC(=O)c4cc(O)c(O)c(O)c4-c4c(cc(O)c(O)c4O)C(=O)O[C@H]3[C@H](OC(=O)c3cc(O)c(O)c4c3[C@H]3C1=CC(=O)C(O)(O)[C@@]3(O)O4)[C@H]2OC(=O)c1cc(O)c(O)c(O)c1. The van der Waals surface area contributed by atoms with Crippen LogP contribution in [0, 0.1) is 0 Å². The molecule has 354 valence electrons. The highest BCUT2D eigenvalue weighted by atomic mass is 16.8. The second-order valence-corrected chi connectivity index (χ2v) is 15.5. The number of phenols is 11. The molecule has 5 aliphatic rings. The summed E-state index contributed by atoms with van der Waals surface area (Å²) in [5.41, 5.74) is -8.10. The molecule has 7 atom stereocenters. The maximum atomic E-state index is 14.6. The smallest absolute Gasteiger partial charge is 0.339 e. The first-order valence-electron chi connectivity index (χ1n) is 19.1. The molecule has 1 saturated heterocycles. The van der Waals surface area contributed by atoms with Crippen molar-refractivity contribution in [3.63, 3.8) is 0 Å². The predicted molar refractivity (Wildman–Crippen MR) is 204 cm³/mol. The molecule has 27 nitrogen and oxygen atoms in total. The summed E-state index contributed by atoms with van der Waals surface area (Å²) in [6.07, 6.45) is -12.1. The van der Waals surface area contributed by atoms with Gasteiger partial charge in [0.1, 0.15) is 12.7 Å². The third-order valence-electron chi connectivity index (χ3n) is 11.5. The van der Waals surface area contributed by atoms with Gasteiger partial charge in [0.25, 0.3) is 11.6 Å². The van der Waals surface area contributed by atoms with Crippen molar-refractivity contribution in [2.24, 2.45) is 0 Å².